The Morgan fingerprint density at radius 1 is 1.00 bits per heavy atom. The third kappa shape index (κ3) is 3.53. The molecule has 4 aliphatic carbocycles. The van der Waals surface area contributed by atoms with Gasteiger partial charge in [0.15, 0.2) is 0 Å². The van der Waals surface area contributed by atoms with E-state index in [-0.39, 0.29) is 34.5 Å². The molecule has 4 heteroatoms. The minimum Gasteiger partial charge on any atom is -0.390 e. The Morgan fingerprint density at radius 2 is 1.66 bits per heavy atom. The van der Waals surface area contributed by atoms with Crippen molar-refractivity contribution in [1.82, 2.24) is 0 Å². The number of halogens is 2. The van der Waals surface area contributed by atoms with Crippen LogP contribution in [0.1, 0.15) is 106 Å². The maximum absolute atomic E-state index is 14.7. The van der Waals surface area contributed by atoms with E-state index in [0.717, 1.165) is 51.4 Å². The Labute approximate surface area is 194 Å². The van der Waals surface area contributed by atoms with Gasteiger partial charge in [-0.2, -0.15) is 0 Å². The molecule has 3 fully saturated rings. The number of alkyl halides is 2. The number of hydrogen-bond donors (Lipinski definition) is 2. The smallest absolute Gasteiger partial charge is 0.275 e. The van der Waals surface area contributed by atoms with Crippen LogP contribution >= 0.6 is 0 Å². The monoisotopic (exact) mass is 452 g/mol. The summed E-state index contributed by atoms with van der Waals surface area (Å²) < 4.78 is 29.5. The zero-order chi connectivity index (χ0) is 24.0. The van der Waals surface area contributed by atoms with Crippen LogP contribution in [0.25, 0.3) is 0 Å². The lowest BCUT2D eigenvalue weighted by Gasteiger charge is -2.64. The number of rotatable bonds is 4. The average molecular weight is 453 g/mol. The molecule has 2 N–H and O–H groups in total. The second-order valence-electron chi connectivity index (χ2n) is 13.8. The summed E-state index contributed by atoms with van der Waals surface area (Å²) in [6.07, 6.45) is 10.4. The third-order valence-corrected chi connectivity index (χ3v) is 11.2. The predicted molar refractivity (Wildman–Crippen MR) is 125 cm³/mol. The van der Waals surface area contributed by atoms with Crippen molar-refractivity contribution in [3.63, 3.8) is 0 Å². The standard InChI is InChI=1S/C28H46F2O2/c1-18(16-28(29,30)23(2,3)31)20-8-9-21-26(20,6)13-11-22-25(5)15-14-24(4,32)17-19(25)10-12-27(21,22)7/h10,18,20-22,31-32H,8-9,11-17H2,1-7H3/t18-,20-,21-,22-,24+,25+,26?,27+/m1/s1. The zero-order valence-electron chi connectivity index (χ0n) is 21.4. The molecule has 2 nitrogen and oxygen atoms in total. The molecule has 3 saturated carbocycles. The topological polar surface area (TPSA) is 40.5 Å². The Hall–Kier alpha value is -0.480. The fourth-order valence-electron chi connectivity index (χ4n) is 9.23. The molecule has 8 atom stereocenters. The van der Waals surface area contributed by atoms with Gasteiger partial charge in [0, 0.05) is 6.42 Å². The minimum absolute atomic E-state index is 0.0855. The summed E-state index contributed by atoms with van der Waals surface area (Å²) in [4.78, 5) is 0. The molecule has 1 unspecified atom stereocenters. The van der Waals surface area contributed by atoms with Gasteiger partial charge in [0.05, 0.1) is 5.60 Å². The zero-order valence-corrected chi connectivity index (χ0v) is 21.4. The van der Waals surface area contributed by atoms with Gasteiger partial charge in [-0.05, 0) is 112 Å². The van der Waals surface area contributed by atoms with Crippen molar-refractivity contribution in [2.75, 3.05) is 0 Å². The molecule has 0 aliphatic heterocycles. The first-order valence-electron chi connectivity index (χ1n) is 13.0. The summed E-state index contributed by atoms with van der Waals surface area (Å²) in [5, 5.41) is 20.7. The molecule has 0 radical (unpaired) electrons. The van der Waals surface area contributed by atoms with Crippen LogP contribution in [0.15, 0.2) is 11.6 Å². The molecule has 0 heterocycles. The van der Waals surface area contributed by atoms with E-state index < -0.39 is 17.1 Å². The first kappa shape index (κ1) is 24.6. The molecule has 0 amide bonds. The van der Waals surface area contributed by atoms with E-state index in [9.17, 15) is 19.0 Å². The van der Waals surface area contributed by atoms with E-state index in [1.165, 1.54) is 19.4 Å². The van der Waals surface area contributed by atoms with Crippen LogP contribution in [0.3, 0.4) is 0 Å². The number of fused-ring (bicyclic) bond motifs is 5. The van der Waals surface area contributed by atoms with E-state index in [4.69, 9.17) is 0 Å². The molecule has 0 aromatic heterocycles. The summed E-state index contributed by atoms with van der Waals surface area (Å²) in [5.74, 6) is -1.74. The normalized spacial score (nSPS) is 47.8. The Bertz CT molecular complexity index is 781. The van der Waals surface area contributed by atoms with Crippen molar-refractivity contribution >= 4 is 0 Å². The average Bonchev–Trinajstić information content (AvgIpc) is 3.00. The van der Waals surface area contributed by atoms with Crippen molar-refractivity contribution in [1.29, 1.82) is 0 Å². The van der Waals surface area contributed by atoms with E-state index in [2.05, 4.69) is 26.8 Å². The maximum Gasteiger partial charge on any atom is 0.275 e. The summed E-state index contributed by atoms with van der Waals surface area (Å²) in [7, 11) is 0. The third-order valence-electron chi connectivity index (χ3n) is 11.2. The molecule has 0 spiro atoms. The lowest BCUT2D eigenvalue weighted by molar-refractivity contribution is -0.179. The summed E-state index contributed by atoms with van der Waals surface area (Å²) in [6, 6.07) is 0. The first-order chi connectivity index (χ1) is 14.5. The van der Waals surface area contributed by atoms with Gasteiger partial charge in [0.2, 0.25) is 0 Å². The number of allylic oxidation sites excluding steroid dienone is 1. The van der Waals surface area contributed by atoms with Gasteiger partial charge >= 0.3 is 0 Å². The lowest BCUT2D eigenvalue weighted by atomic mass is 9.41. The SMILES string of the molecule is C[C@H](CC(F)(F)C(C)(C)O)[C@H]1CC[C@@H]2C1(C)CC[C@H]1[C@@]2(C)CC=C2C[C@@](C)(O)CC[C@@]21C. The van der Waals surface area contributed by atoms with Crippen LogP contribution < -0.4 is 0 Å². The highest BCUT2D eigenvalue weighted by Gasteiger charge is 2.64. The molecular formula is C28H46F2O2. The van der Waals surface area contributed by atoms with Crippen LogP contribution in [0, 0.1) is 39.9 Å². The van der Waals surface area contributed by atoms with Gasteiger partial charge in [-0.1, -0.05) is 39.3 Å². The largest absolute Gasteiger partial charge is 0.390 e. The van der Waals surface area contributed by atoms with Gasteiger partial charge in [-0.3, -0.25) is 0 Å². The lowest BCUT2D eigenvalue weighted by Crippen LogP contribution is -2.57. The maximum atomic E-state index is 14.7. The van der Waals surface area contributed by atoms with Crippen molar-refractivity contribution in [2.24, 2.45) is 39.9 Å². The van der Waals surface area contributed by atoms with Gasteiger partial charge in [0.1, 0.15) is 5.60 Å². The van der Waals surface area contributed by atoms with Gasteiger partial charge in [-0.25, -0.2) is 8.78 Å². The van der Waals surface area contributed by atoms with Gasteiger partial charge in [-0.15, -0.1) is 0 Å². The van der Waals surface area contributed by atoms with E-state index in [0.29, 0.717) is 11.8 Å². The van der Waals surface area contributed by atoms with E-state index >= 15 is 0 Å². The van der Waals surface area contributed by atoms with Gasteiger partial charge in [0.25, 0.3) is 5.92 Å². The highest BCUT2D eigenvalue weighted by Crippen LogP contribution is 2.72. The van der Waals surface area contributed by atoms with Crippen molar-refractivity contribution < 1.29 is 19.0 Å². The molecule has 0 aromatic rings. The van der Waals surface area contributed by atoms with Crippen LogP contribution in [-0.4, -0.2) is 27.3 Å². The molecule has 4 rings (SSSR count). The fraction of sp³-hybridized carbons (Fsp3) is 0.929. The van der Waals surface area contributed by atoms with E-state index in [1.54, 1.807) is 0 Å². The summed E-state index contributed by atoms with van der Waals surface area (Å²) in [6.45, 7) is 13.8. The quantitative estimate of drug-likeness (QED) is 0.445. The Morgan fingerprint density at radius 3 is 2.28 bits per heavy atom. The molecule has 184 valence electrons. The van der Waals surface area contributed by atoms with Gasteiger partial charge < -0.3 is 10.2 Å². The molecule has 0 aromatic carbocycles. The molecule has 0 saturated heterocycles. The minimum atomic E-state index is -3.07. The van der Waals surface area contributed by atoms with Crippen LogP contribution in [-0.2, 0) is 0 Å². The molecular weight excluding hydrogens is 406 g/mol. The highest BCUT2D eigenvalue weighted by atomic mass is 19.3. The number of hydrogen-bond acceptors (Lipinski definition) is 2. The van der Waals surface area contributed by atoms with Crippen LogP contribution in [0.5, 0.6) is 0 Å². The van der Waals surface area contributed by atoms with E-state index in [1.807, 2.05) is 13.8 Å². The van der Waals surface area contributed by atoms with Crippen LogP contribution in [0.4, 0.5) is 8.78 Å². The summed E-state index contributed by atoms with van der Waals surface area (Å²) >= 11 is 0. The second kappa shape index (κ2) is 7.26. The Kier molecular flexibility index (Phi) is 5.59. The molecule has 4 aliphatic rings. The number of aliphatic hydroxyl groups is 2. The van der Waals surface area contributed by atoms with Crippen molar-refractivity contribution in [3.05, 3.63) is 11.6 Å². The predicted octanol–water partition coefficient (Wildman–Crippen LogP) is 7.14. The molecule has 0 bridgehead atoms. The second-order valence-corrected chi connectivity index (χ2v) is 13.8. The first-order valence-corrected chi connectivity index (χ1v) is 13.0. The van der Waals surface area contributed by atoms with Crippen LogP contribution in [0.2, 0.25) is 0 Å². The summed E-state index contributed by atoms with van der Waals surface area (Å²) in [5.41, 5.74) is -0.655. The van der Waals surface area contributed by atoms with Crippen molar-refractivity contribution in [3.8, 4) is 0 Å². The molecule has 32 heavy (non-hydrogen) atoms. The Balaban J connectivity index is 1.60. The van der Waals surface area contributed by atoms with Crippen molar-refractivity contribution in [2.45, 2.75) is 123 Å². The fourth-order valence-corrected chi connectivity index (χ4v) is 9.23. The highest BCUT2D eigenvalue weighted by molar-refractivity contribution is 5.29.